The summed E-state index contributed by atoms with van der Waals surface area (Å²) in [6.45, 7) is 11.2. The molecule has 0 aliphatic carbocycles. The second-order valence-corrected chi connectivity index (χ2v) is 8.40. The number of halogens is 1. The Kier molecular flexibility index (Phi) is 4.82. The molecule has 0 spiro atoms. The second-order valence-electron chi connectivity index (χ2n) is 5.71. The Morgan fingerprint density at radius 2 is 1.47 bits per heavy atom. The topological polar surface area (TPSA) is 0 Å². The highest BCUT2D eigenvalue weighted by Crippen LogP contribution is 2.33. The molecule has 1 aromatic carbocycles. The third-order valence-corrected chi connectivity index (χ3v) is 3.84. The summed E-state index contributed by atoms with van der Waals surface area (Å²) in [4.78, 5) is 0. The summed E-state index contributed by atoms with van der Waals surface area (Å²) in [5.41, 5.74) is 3.03. The van der Waals surface area contributed by atoms with E-state index in [2.05, 4.69) is 93.6 Å². The lowest BCUT2D eigenvalue weighted by atomic mass is 9.81. The van der Waals surface area contributed by atoms with E-state index in [0.717, 1.165) is 6.42 Å². The zero-order chi connectivity index (χ0) is 13.1. The molecule has 0 unspecified atom stereocenters. The molecule has 1 heteroatoms. The van der Waals surface area contributed by atoms with Gasteiger partial charge in [-0.2, -0.15) is 0 Å². The minimum Gasteiger partial charge on any atom is -0.0916 e. The lowest BCUT2D eigenvalue weighted by Crippen LogP contribution is -2.16. The smallest absolute Gasteiger partial charge is 0.0414 e. The van der Waals surface area contributed by atoms with E-state index in [9.17, 15) is 0 Å². The van der Waals surface area contributed by atoms with Gasteiger partial charge in [-0.15, -0.1) is 0 Å². The van der Waals surface area contributed by atoms with Crippen LogP contribution in [0.4, 0.5) is 0 Å². The van der Waals surface area contributed by atoms with Crippen molar-refractivity contribution in [1.82, 2.24) is 0 Å². The SMILES string of the molecule is C/C=C\CC(C)(C)c1ccc(C(C)(C)I)cc1. The Hall–Kier alpha value is -0.310. The van der Waals surface area contributed by atoms with Crippen molar-refractivity contribution in [1.29, 1.82) is 0 Å². The Morgan fingerprint density at radius 1 is 1.00 bits per heavy atom. The first-order chi connectivity index (χ1) is 7.77. The van der Waals surface area contributed by atoms with E-state index in [4.69, 9.17) is 0 Å². The zero-order valence-corrected chi connectivity index (χ0v) is 13.7. The molecule has 0 nitrogen and oxygen atoms in total. The highest BCUT2D eigenvalue weighted by molar-refractivity contribution is 14.1. The number of hydrogen-bond acceptors (Lipinski definition) is 0. The normalized spacial score (nSPS) is 13.3. The van der Waals surface area contributed by atoms with Crippen LogP contribution in [-0.4, -0.2) is 0 Å². The summed E-state index contributed by atoms with van der Waals surface area (Å²) in [6, 6.07) is 9.08. The fourth-order valence-electron chi connectivity index (χ4n) is 1.85. The molecule has 1 aromatic rings. The molecule has 0 aliphatic heterocycles. The van der Waals surface area contributed by atoms with Gasteiger partial charge in [0.2, 0.25) is 0 Å². The first-order valence-electron chi connectivity index (χ1n) is 6.18. The Bertz CT molecular complexity index is 377. The van der Waals surface area contributed by atoms with Crippen LogP contribution in [0.2, 0.25) is 0 Å². The van der Waals surface area contributed by atoms with E-state index >= 15 is 0 Å². The van der Waals surface area contributed by atoms with Crippen molar-refractivity contribution in [3.8, 4) is 0 Å². The molecule has 0 heterocycles. The standard InChI is InChI=1S/C16H23I/c1-6-7-12-15(2,3)13-8-10-14(11-9-13)16(4,5)17/h6-11H,12H2,1-5H3/b7-6-. The number of rotatable bonds is 4. The Labute approximate surface area is 120 Å². The molecule has 0 aliphatic rings. The van der Waals surface area contributed by atoms with Crippen LogP contribution in [0.3, 0.4) is 0 Å². The van der Waals surface area contributed by atoms with Crippen LogP contribution in [0, 0.1) is 0 Å². The summed E-state index contributed by atoms with van der Waals surface area (Å²) < 4.78 is 0.212. The highest BCUT2D eigenvalue weighted by atomic mass is 127. The molecule has 0 amide bonds. The minimum absolute atomic E-state index is 0.212. The third kappa shape index (κ3) is 4.13. The number of alkyl halides is 1. The molecule has 0 saturated carbocycles. The first-order valence-corrected chi connectivity index (χ1v) is 7.26. The van der Waals surface area contributed by atoms with Crippen LogP contribution in [0.1, 0.15) is 52.2 Å². The maximum atomic E-state index is 2.49. The van der Waals surface area contributed by atoms with Gasteiger partial charge >= 0.3 is 0 Å². The van der Waals surface area contributed by atoms with E-state index < -0.39 is 0 Å². The fourth-order valence-corrected chi connectivity index (χ4v) is 2.21. The van der Waals surface area contributed by atoms with Crippen molar-refractivity contribution >= 4 is 22.6 Å². The minimum atomic E-state index is 0.212. The number of benzene rings is 1. The molecule has 94 valence electrons. The van der Waals surface area contributed by atoms with Gasteiger partial charge in [0.15, 0.2) is 0 Å². The molecule has 0 aromatic heterocycles. The summed E-state index contributed by atoms with van der Waals surface area (Å²) >= 11 is 2.49. The summed E-state index contributed by atoms with van der Waals surface area (Å²) in [5, 5.41) is 0. The summed E-state index contributed by atoms with van der Waals surface area (Å²) in [5.74, 6) is 0. The van der Waals surface area contributed by atoms with Gasteiger partial charge in [0.1, 0.15) is 0 Å². The van der Waals surface area contributed by atoms with Gasteiger partial charge in [0, 0.05) is 3.42 Å². The third-order valence-electron chi connectivity index (χ3n) is 3.22. The quantitative estimate of drug-likeness (QED) is 0.380. The second kappa shape index (κ2) is 5.55. The molecular weight excluding hydrogens is 319 g/mol. The number of hydrogen-bond donors (Lipinski definition) is 0. The number of allylic oxidation sites excluding steroid dienone is 2. The molecule has 0 radical (unpaired) electrons. The molecule has 0 saturated heterocycles. The van der Waals surface area contributed by atoms with Crippen LogP contribution in [-0.2, 0) is 8.84 Å². The zero-order valence-electron chi connectivity index (χ0n) is 11.5. The van der Waals surface area contributed by atoms with E-state index in [1.807, 2.05) is 0 Å². The van der Waals surface area contributed by atoms with Gasteiger partial charge in [-0.1, -0.05) is 72.9 Å². The molecule has 1 rings (SSSR count). The Balaban J connectivity index is 2.94. The van der Waals surface area contributed by atoms with E-state index in [0.29, 0.717) is 0 Å². The van der Waals surface area contributed by atoms with Crippen molar-refractivity contribution in [2.45, 2.75) is 49.9 Å². The van der Waals surface area contributed by atoms with Crippen molar-refractivity contribution in [3.05, 3.63) is 47.5 Å². The van der Waals surface area contributed by atoms with Gasteiger partial charge in [0.25, 0.3) is 0 Å². The average molecular weight is 342 g/mol. The predicted octanol–water partition coefficient (Wildman–Crippen LogP) is 5.60. The van der Waals surface area contributed by atoms with Crippen molar-refractivity contribution in [2.75, 3.05) is 0 Å². The van der Waals surface area contributed by atoms with Crippen molar-refractivity contribution in [2.24, 2.45) is 0 Å². The van der Waals surface area contributed by atoms with Gasteiger partial charge in [-0.05, 0) is 43.7 Å². The van der Waals surface area contributed by atoms with Crippen LogP contribution < -0.4 is 0 Å². The fraction of sp³-hybridized carbons (Fsp3) is 0.500. The largest absolute Gasteiger partial charge is 0.0916 e. The van der Waals surface area contributed by atoms with Gasteiger partial charge in [-0.25, -0.2) is 0 Å². The molecule has 17 heavy (non-hydrogen) atoms. The maximum Gasteiger partial charge on any atom is 0.0414 e. The maximum absolute atomic E-state index is 2.49. The molecular formula is C16H23I. The molecule has 0 bridgehead atoms. The van der Waals surface area contributed by atoms with Crippen LogP contribution >= 0.6 is 22.6 Å². The van der Waals surface area contributed by atoms with E-state index in [1.54, 1.807) is 0 Å². The van der Waals surface area contributed by atoms with Crippen LogP contribution in [0.25, 0.3) is 0 Å². The van der Waals surface area contributed by atoms with Crippen LogP contribution in [0.5, 0.6) is 0 Å². The summed E-state index contributed by atoms with van der Waals surface area (Å²) in [6.07, 6.45) is 5.47. The average Bonchev–Trinajstić information content (AvgIpc) is 2.25. The predicted molar refractivity (Wildman–Crippen MR) is 85.9 cm³/mol. The van der Waals surface area contributed by atoms with Gasteiger partial charge < -0.3 is 0 Å². The lowest BCUT2D eigenvalue weighted by Gasteiger charge is -2.25. The van der Waals surface area contributed by atoms with Gasteiger partial charge in [0.05, 0.1) is 0 Å². The lowest BCUT2D eigenvalue weighted by molar-refractivity contribution is 0.533. The van der Waals surface area contributed by atoms with Gasteiger partial charge in [-0.3, -0.25) is 0 Å². The first kappa shape index (κ1) is 14.7. The van der Waals surface area contributed by atoms with Crippen molar-refractivity contribution < 1.29 is 0 Å². The van der Waals surface area contributed by atoms with Crippen LogP contribution in [0.15, 0.2) is 36.4 Å². The van der Waals surface area contributed by atoms with E-state index in [-0.39, 0.29) is 8.84 Å². The highest BCUT2D eigenvalue weighted by Gasteiger charge is 2.20. The molecule has 0 fully saturated rings. The summed E-state index contributed by atoms with van der Waals surface area (Å²) in [7, 11) is 0. The van der Waals surface area contributed by atoms with Crippen molar-refractivity contribution in [3.63, 3.8) is 0 Å². The monoisotopic (exact) mass is 342 g/mol. The Morgan fingerprint density at radius 3 is 1.88 bits per heavy atom. The van der Waals surface area contributed by atoms with E-state index in [1.165, 1.54) is 11.1 Å². The molecule has 0 N–H and O–H groups in total. The molecule has 0 atom stereocenters.